The molecule has 0 aliphatic heterocycles. The highest BCUT2D eigenvalue weighted by Gasteiger charge is 2.15. The van der Waals surface area contributed by atoms with Crippen LogP contribution in [0.2, 0.25) is 0 Å². The minimum absolute atomic E-state index is 0.683. The fourth-order valence-electron chi connectivity index (χ4n) is 4.34. The summed E-state index contributed by atoms with van der Waals surface area (Å²) in [5.41, 5.74) is 2.96. The molecular weight excluding hydrogens is 454 g/mol. The molecule has 0 fully saturated rings. The summed E-state index contributed by atoms with van der Waals surface area (Å²) in [6.45, 7) is 0. The Bertz CT molecular complexity index is 1740. The quantitative estimate of drug-likeness (QED) is 0.259. The van der Waals surface area contributed by atoms with Gasteiger partial charge in [0, 0.05) is 42.2 Å². The molecule has 0 unspecified atom stereocenters. The van der Waals surface area contributed by atoms with Gasteiger partial charge in [0.2, 0.25) is 0 Å². The summed E-state index contributed by atoms with van der Waals surface area (Å²) in [6.07, 6.45) is 0. The molecule has 7 aromatic rings. The van der Waals surface area contributed by atoms with E-state index in [0.717, 1.165) is 16.7 Å². The molecular formula is C29H17N3S2. The number of benzene rings is 4. The van der Waals surface area contributed by atoms with Crippen LogP contribution in [0.15, 0.2) is 103 Å². The van der Waals surface area contributed by atoms with Crippen molar-refractivity contribution < 1.29 is 0 Å². The summed E-state index contributed by atoms with van der Waals surface area (Å²) >= 11 is 3.71. The zero-order chi connectivity index (χ0) is 22.5. The van der Waals surface area contributed by atoms with Crippen molar-refractivity contribution in [3.05, 3.63) is 103 Å². The number of fused-ring (bicyclic) bond motifs is 5. The Morgan fingerprint density at radius 2 is 0.971 bits per heavy atom. The monoisotopic (exact) mass is 471 g/mol. The first-order valence-corrected chi connectivity index (χ1v) is 12.7. The molecule has 5 heteroatoms. The normalized spacial score (nSPS) is 11.5. The first-order chi connectivity index (χ1) is 16.8. The molecule has 3 heterocycles. The van der Waals surface area contributed by atoms with Crippen LogP contribution in [0.1, 0.15) is 0 Å². The molecule has 34 heavy (non-hydrogen) atoms. The molecule has 0 spiro atoms. The Balaban J connectivity index is 1.43. The molecule has 0 saturated heterocycles. The maximum Gasteiger partial charge on any atom is 0.164 e. The second kappa shape index (κ2) is 7.83. The topological polar surface area (TPSA) is 38.7 Å². The van der Waals surface area contributed by atoms with Gasteiger partial charge in [0.15, 0.2) is 17.5 Å². The summed E-state index contributed by atoms with van der Waals surface area (Å²) in [6, 6.07) is 35.4. The van der Waals surface area contributed by atoms with E-state index in [-0.39, 0.29) is 0 Å². The Morgan fingerprint density at radius 3 is 1.65 bits per heavy atom. The molecule has 7 rings (SSSR count). The van der Waals surface area contributed by atoms with E-state index in [2.05, 4.69) is 42.5 Å². The minimum atomic E-state index is 0.683. The number of hydrogen-bond acceptors (Lipinski definition) is 5. The van der Waals surface area contributed by atoms with Gasteiger partial charge < -0.3 is 0 Å². The van der Waals surface area contributed by atoms with Crippen molar-refractivity contribution in [3.63, 3.8) is 0 Å². The van der Waals surface area contributed by atoms with Crippen LogP contribution >= 0.6 is 22.7 Å². The first-order valence-electron chi connectivity index (χ1n) is 11.0. The lowest BCUT2D eigenvalue weighted by Gasteiger charge is -2.08. The number of rotatable bonds is 3. The van der Waals surface area contributed by atoms with Crippen LogP contribution in [0, 0.1) is 0 Å². The van der Waals surface area contributed by atoms with Crippen LogP contribution in [-0.4, -0.2) is 15.0 Å². The van der Waals surface area contributed by atoms with E-state index in [4.69, 9.17) is 15.0 Å². The van der Waals surface area contributed by atoms with Gasteiger partial charge in [-0.3, -0.25) is 0 Å². The highest BCUT2D eigenvalue weighted by Crippen LogP contribution is 2.44. The zero-order valence-electron chi connectivity index (χ0n) is 18.0. The maximum absolute atomic E-state index is 4.88. The molecule has 0 N–H and O–H groups in total. The number of hydrogen-bond donors (Lipinski definition) is 0. The van der Waals surface area contributed by atoms with Gasteiger partial charge >= 0.3 is 0 Å². The fourth-order valence-corrected chi connectivity index (χ4v) is 6.98. The molecule has 0 saturated carbocycles. The first kappa shape index (κ1) is 19.5. The number of thiophene rings is 2. The smallest absolute Gasteiger partial charge is 0.164 e. The molecule has 3 nitrogen and oxygen atoms in total. The number of aromatic nitrogens is 3. The van der Waals surface area contributed by atoms with E-state index in [1.165, 1.54) is 29.6 Å². The third-order valence-electron chi connectivity index (χ3n) is 5.97. The summed E-state index contributed by atoms with van der Waals surface area (Å²) in [7, 11) is 0. The van der Waals surface area contributed by atoms with Gasteiger partial charge in [-0.15, -0.1) is 22.7 Å². The van der Waals surface area contributed by atoms with Crippen molar-refractivity contribution >= 4 is 52.2 Å². The van der Waals surface area contributed by atoms with E-state index < -0.39 is 0 Å². The van der Waals surface area contributed by atoms with Gasteiger partial charge in [0.1, 0.15) is 0 Å². The lowest BCUT2D eigenvalue weighted by molar-refractivity contribution is 1.07. The Kier molecular flexibility index (Phi) is 4.50. The van der Waals surface area contributed by atoms with E-state index in [1.807, 2.05) is 83.3 Å². The SMILES string of the molecule is c1ccc(-c2nc(-c3ccccc3)nc(-c3ccc4c(c3)sc3sc5ccccc5c34)n2)cc1. The van der Waals surface area contributed by atoms with Crippen LogP contribution in [0.4, 0.5) is 0 Å². The minimum Gasteiger partial charge on any atom is -0.208 e. The van der Waals surface area contributed by atoms with Crippen LogP contribution in [0.5, 0.6) is 0 Å². The summed E-state index contributed by atoms with van der Waals surface area (Å²) in [5, 5.41) is 3.99. The van der Waals surface area contributed by atoms with Crippen LogP contribution < -0.4 is 0 Å². The molecule has 160 valence electrons. The molecule has 0 aliphatic carbocycles. The lowest BCUT2D eigenvalue weighted by Crippen LogP contribution is -1.99. The van der Waals surface area contributed by atoms with Gasteiger partial charge in [0.25, 0.3) is 0 Å². The average molecular weight is 472 g/mol. The van der Waals surface area contributed by atoms with Crippen molar-refractivity contribution in [1.82, 2.24) is 15.0 Å². The third kappa shape index (κ3) is 3.21. The predicted octanol–water partition coefficient (Wildman–Crippen LogP) is 8.46. The van der Waals surface area contributed by atoms with Crippen molar-refractivity contribution in [2.45, 2.75) is 0 Å². The molecule has 0 aliphatic rings. The van der Waals surface area contributed by atoms with E-state index in [1.54, 1.807) is 0 Å². The van der Waals surface area contributed by atoms with Crippen molar-refractivity contribution in [1.29, 1.82) is 0 Å². The molecule has 0 bridgehead atoms. The highest BCUT2D eigenvalue weighted by molar-refractivity contribution is 7.44. The zero-order valence-corrected chi connectivity index (χ0v) is 19.6. The van der Waals surface area contributed by atoms with E-state index >= 15 is 0 Å². The van der Waals surface area contributed by atoms with Crippen molar-refractivity contribution in [3.8, 4) is 34.2 Å². The third-order valence-corrected chi connectivity index (χ3v) is 8.39. The predicted molar refractivity (Wildman–Crippen MR) is 144 cm³/mol. The van der Waals surface area contributed by atoms with Crippen LogP contribution in [-0.2, 0) is 0 Å². The molecule has 0 radical (unpaired) electrons. The summed E-state index contributed by atoms with van der Waals surface area (Å²) in [5.74, 6) is 2.06. The average Bonchev–Trinajstić information content (AvgIpc) is 3.45. The largest absolute Gasteiger partial charge is 0.208 e. The summed E-state index contributed by atoms with van der Waals surface area (Å²) in [4.78, 5) is 14.6. The van der Waals surface area contributed by atoms with Crippen LogP contribution in [0.25, 0.3) is 63.7 Å². The molecule has 0 atom stereocenters. The Morgan fingerprint density at radius 1 is 0.441 bits per heavy atom. The fraction of sp³-hybridized carbons (Fsp3) is 0. The van der Waals surface area contributed by atoms with Gasteiger partial charge in [-0.05, 0) is 12.1 Å². The Labute approximate surface area is 204 Å². The van der Waals surface area contributed by atoms with E-state index in [9.17, 15) is 0 Å². The second-order valence-corrected chi connectivity index (χ2v) is 10.5. The van der Waals surface area contributed by atoms with Gasteiger partial charge in [-0.1, -0.05) is 91.0 Å². The second-order valence-electron chi connectivity index (χ2n) is 8.11. The maximum atomic E-state index is 4.88. The molecule has 0 amide bonds. The van der Waals surface area contributed by atoms with Gasteiger partial charge in [-0.25, -0.2) is 15.0 Å². The number of nitrogens with zero attached hydrogens (tertiary/aromatic N) is 3. The van der Waals surface area contributed by atoms with Crippen molar-refractivity contribution in [2.24, 2.45) is 0 Å². The van der Waals surface area contributed by atoms with Crippen LogP contribution in [0.3, 0.4) is 0 Å². The van der Waals surface area contributed by atoms with Crippen molar-refractivity contribution in [2.75, 3.05) is 0 Å². The van der Waals surface area contributed by atoms with E-state index in [0.29, 0.717) is 17.5 Å². The highest BCUT2D eigenvalue weighted by atomic mass is 32.2. The molecule has 3 aromatic heterocycles. The standard InChI is InChI=1S/C29H17N3S2/c1-3-9-18(10-4-1)26-30-27(19-11-5-2-6-12-19)32-28(31-26)20-15-16-22-24(17-20)34-29-25(22)21-13-7-8-14-23(21)33-29/h1-17H. The molecule has 4 aromatic carbocycles. The lowest BCUT2D eigenvalue weighted by atomic mass is 10.1. The van der Waals surface area contributed by atoms with Gasteiger partial charge in [-0.2, -0.15) is 0 Å². The summed E-state index contributed by atoms with van der Waals surface area (Å²) < 4.78 is 3.96. The Hall–Kier alpha value is -3.93. The van der Waals surface area contributed by atoms with Gasteiger partial charge in [0.05, 0.1) is 4.01 Å².